The van der Waals surface area contributed by atoms with Crippen molar-refractivity contribution in [2.45, 2.75) is 70.4 Å². The number of carbonyl (C=O) groups is 4. The number of carbonyl (C=O) groups excluding carboxylic acids is 4. The lowest BCUT2D eigenvalue weighted by atomic mass is 10.1. The Hall–Kier alpha value is -5.29. The molecule has 4 rings (SSSR count). The highest BCUT2D eigenvalue weighted by Crippen LogP contribution is 2.23. The molecule has 0 aliphatic carbocycles. The largest absolute Gasteiger partial charge is 0.494 e. The van der Waals surface area contributed by atoms with E-state index in [1.54, 1.807) is 40.9 Å². The number of cyclic esters (lactones) is 1. The topological polar surface area (TPSA) is 147 Å². The molecule has 1 heterocycles. The lowest BCUT2D eigenvalue weighted by Gasteiger charge is -2.28. The predicted molar refractivity (Wildman–Crippen MR) is 185 cm³/mol. The highest BCUT2D eigenvalue weighted by molar-refractivity contribution is 5.95. The van der Waals surface area contributed by atoms with Gasteiger partial charge < -0.3 is 14.4 Å². The maximum absolute atomic E-state index is 13.4. The fraction of sp³-hybridized carbons (Fsp3) is 0.342. The summed E-state index contributed by atoms with van der Waals surface area (Å²) in [6, 6.07) is 23.9. The number of hydrogen-bond donors (Lipinski definition) is 3. The van der Waals surface area contributed by atoms with Crippen molar-refractivity contribution >= 4 is 29.9 Å². The van der Waals surface area contributed by atoms with Crippen molar-refractivity contribution in [2.24, 2.45) is 5.10 Å². The van der Waals surface area contributed by atoms with Crippen LogP contribution in [0.1, 0.15) is 90.9 Å². The van der Waals surface area contributed by atoms with Crippen molar-refractivity contribution in [1.29, 1.82) is 0 Å². The second kappa shape index (κ2) is 20.2. The maximum atomic E-state index is 13.4. The maximum Gasteiger partial charge on any atom is 0.306 e. The molecule has 3 aromatic carbocycles. The standard InChI is InChI=1S/C38H44N4O7/c43-35(41-47)20-8-3-4-11-23-48-33-19-13-18-32(25-33)38(46)40-39-26-29-14-12-15-30(24-29)27-42-28-34(31-16-6-5-7-17-31)49-37(45)22-10-2-1-9-21-36(42)44/h1-2,5-7,12-19,24-26,34,47H,3-4,8-11,20-23,27-28H2,(H,40,46)(H,41,43)/b2-1+,39-26+/t34-/m0/s1. The summed E-state index contributed by atoms with van der Waals surface area (Å²) in [5.74, 6) is -0.545. The molecule has 11 heteroatoms. The second-order valence-electron chi connectivity index (χ2n) is 11.7. The first-order chi connectivity index (χ1) is 23.9. The zero-order valence-electron chi connectivity index (χ0n) is 27.6. The number of nitrogens with one attached hydrogen (secondary N) is 2. The summed E-state index contributed by atoms with van der Waals surface area (Å²) < 4.78 is 11.6. The number of hydroxylamine groups is 1. The Labute approximate surface area is 286 Å². The Kier molecular flexibility index (Phi) is 15.0. The first kappa shape index (κ1) is 36.5. The van der Waals surface area contributed by atoms with E-state index in [0.717, 1.165) is 36.0 Å². The molecule has 0 saturated heterocycles. The Morgan fingerprint density at radius 2 is 1.69 bits per heavy atom. The SMILES string of the molecule is O=C(CCCCCCOc1cccc(C(=O)N/N=C/c2cccc(CN3C[C@@H](c4ccccc4)OC(=O)CC/C=C/CCC3=O)c2)c1)NO. The van der Waals surface area contributed by atoms with Crippen LogP contribution in [0.3, 0.4) is 0 Å². The zero-order chi connectivity index (χ0) is 34.7. The van der Waals surface area contributed by atoms with E-state index < -0.39 is 6.10 Å². The van der Waals surface area contributed by atoms with Crippen molar-refractivity contribution in [3.63, 3.8) is 0 Å². The third-order valence-corrected chi connectivity index (χ3v) is 7.88. The van der Waals surface area contributed by atoms with Gasteiger partial charge in [-0.15, -0.1) is 0 Å². The molecule has 0 unspecified atom stereocenters. The number of nitrogens with zero attached hydrogens (tertiary/aromatic N) is 2. The van der Waals surface area contributed by atoms with Crippen molar-refractivity contribution in [2.75, 3.05) is 13.2 Å². The molecule has 0 spiro atoms. The van der Waals surface area contributed by atoms with E-state index in [1.807, 2.05) is 66.7 Å². The molecule has 1 atom stereocenters. The molecule has 258 valence electrons. The van der Waals surface area contributed by atoms with Crippen LogP contribution in [0.5, 0.6) is 5.75 Å². The van der Waals surface area contributed by atoms with E-state index in [-0.39, 0.29) is 43.1 Å². The van der Waals surface area contributed by atoms with Crippen LogP contribution in [0.4, 0.5) is 0 Å². The van der Waals surface area contributed by atoms with Gasteiger partial charge in [0.1, 0.15) is 11.9 Å². The van der Waals surface area contributed by atoms with E-state index >= 15 is 0 Å². The zero-order valence-corrected chi connectivity index (χ0v) is 27.6. The molecule has 0 bridgehead atoms. The van der Waals surface area contributed by atoms with Gasteiger partial charge in [0, 0.05) is 31.4 Å². The van der Waals surface area contributed by atoms with Gasteiger partial charge in [0.15, 0.2) is 0 Å². The Balaban J connectivity index is 1.33. The van der Waals surface area contributed by atoms with Crippen molar-refractivity contribution in [3.8, 4) is 5.75 Å². The van der Waals surface area contributed by atoms with Crippen LogP contribution < -0.4 is 15.6 Å². The van der Waals surface area contributed by atoms with Crippen LogP contribution in [0.15, 0.2) is 96.1 Å². The molecule has 0 saturated carbocycles. The summed E-state index contributed by atoms with van der Waals surface area (Å²) in [7, 11) is 0. The monoisotopic (exact) mass is 668 g/mol. The lowest BCUT2D eigenvalue weighted by Crippen LogP contribution is -2.35. The average Bonchev–Trinajstić information content (AvgIpc) is 3.12. The van der Waals surface area contributed by atoms with Crippen LogP contribution in [0.2, 0.25) is 0 Å². The van der Waals surface area contributed by atoms with E-state index in [1.165, 1.54) is 0 Å². The van der Waals surface area contributed by atoms with Crippen LogP contribution in [-0.2, 0) is 25.7 Å². The van der Waals surface area contributed by atoms with E-state index in [0.29, 0.717) is 50.1 Å². The van der Waals surface area contributed by atoms with Gasteiger partial charge in [0.2, 0.25) is 11.8 Å². The molecule has 0 radical (unpaired) electrons. The van der Waals surface area contributed by atoms with Crippen LogP contribution in [0, 0.1) is 0 Å². The van der Waals surface area contributed by atoms with Gasteiger partial charge in [-0.25, -0.2) is 10.9 Å². The molecule has 1 aliphatic heterocycles. The average molecular weight is 669 g/mol. The van der Waals surface area contributed by atoms with Crippen LogP contribution >= 0.6 is 0 Å². The minimum absolute atomic E-state index is 0.0375. The summed E-state index contributed by atoms with van der Waals surface area (Å²) in [6.07, 6.45) is 10.1. The highest BCUT2D eigenvalue weighted by atomic mass is 16.5. The quantitative estimate of drug-likeness (QED) is 0.0475. The molecule has 0 aromatic heterocycles. The molecular weight excluding hydrogens is 624 g/mol. The molecular formula is C38H44N4O7. The van der Waals surface area contributed by atoms with Gasteiger partial charge in [0.25, 0.3) is 5.91 Å². The third-order valence-electron chi connectivity index (χ3n) is 7.88. The highest BCUT2D eigenvalue weighted by Gasteiger charge is 2.24. The van der Waals surface area contributed by atoms with Gasteiger partial charge in [-0.3, -0.25) is 24.4 Å². The van der Waals surface area contributed by atoms with E-state index in [9.17, 15) is 19.2 Å². The fourth-order valence-electron chi connectivity index (χ4n) is 5.29. The molecule has 0 fully saturated rings. The van der Waals surface area contributed by atoms with Crippen LogP contribution in [0.25, 0.3) is 0 Å². The number of esters is 1. The summed E-state index contributed by atoms with van der Waals surface area (Å²) in [5.41, 5.74) is 7.02. The summed E-state index contributed by atoms with van der Waals surface area (Å²) >= 11 is 0. The Morgan fingerprint density at radius 1 is 0.918 bits per heavy atom. The van der Waals surface area contributed by atoms with E-state index in [2.05, 4.69) is 10.5 Å². The Bertz CT molecular complexity index is 1590. The minimum atomic E-state index is -0.594. The molecule has 11 nitrogen and oxygen atoms in total. The minimum Gasteiger partial charge on any atom is -0.494 e. The first-order valence-corrected chi connectivity index (χ1v) is 16.7. The number of hydrogen-bond acceptors (Lipinski definition) is 8. The smallest absolute Gasteiger partial charge is 0.306 e. The van der Waals surface area contributed by atoms with Crippen LogP contribution in [-0.4, -0.2) is 53.2 Å². The third kappa shape index (κ3) is 13.0. The predicted octanol–water partition coefficient (Wildman–Crippen LogP) is 6.03. The number of allylic oxidation sites excluding steroid dienone is 2. The molecule has 3 aromatic rings. The van der Waals surface area contributed by atoms with Gasteiger partial charge >= 0.3 is 5.97 Å². The molecule has 1 aliphatic rings. The molecule has 3 N–H and O–H groups in total. The fourth-order valence-corrected chi connectivity index (χ4v) is 5.29. The number of hydrazone groups is 1. The summed E-state index contributed by atoms with van der Waals surface area (Å²) in [5, 5.41) is 12.7. The van der Waals surface area contributed by atoms with Crippen molar-refractivity contribution < 1.29 is 33.9 Å². The van der Waals surface area contributed by atoms with Crippen molar-refractivity contribution in [1.82, 2.24) is 15.8 Å². The Morgan fingerprint density at radius 3 is 2.51 bits per heavy atom. The van der Waals surface area contributed by atoms with Gasteiger partial charge in [-0.2, -0.15) is 5.10 Å². The molecule has 49 heavy (non-hydrogen) atoms. The lowest BCUT2D eigenvalue weighted by molar-refractivity contribution is -0.152. The summed E-state index contributed by atoms with van der Waals surface area (Å²) in [4.78, 5) is 51.6. The number of amides is 3. The van der Waals surface area contributed by atoms with E-state index in [4.69, 9.17) is 14.7 Å². The van der Waals surface area contributed by atoms with Gasteiger partial charge in [-0.05, 0) is 66.6 Å². The number of rotatable bonds is 14. The van der Waals surface area contributed by atoms with Gasteiger partial charge in [0.05, 0.1) is 19.4 Å². The number of unbranched alkanes of at least 4 members (excludes halogenated alkanes) is 3. The van der Waals surface area contributed by atoms with Gasteiger partial charge in [-0.1, -0.05) is 79.6 Å². The molecule has 3 amide bonds. The number of benzene rings is 3. The normalized spacial score (nSPS) is 16.3. The summed E-state index contributed by atoms with van der Waals surface area (Å²) in [6.45, 7) is 1.01. The first-order valence-electron chi connectivity index (χ1n) is 16.7. The van der Waals surface area contributed by atoms with Crippen molar-refractivity contribution in [3.05, 3.63) is 113 Å². The number of ether oxygens (including phenoxy) is 2. The second-order valence-corrected chi connectivity index (χ2v) is 11.7.